The first-order chi connectivity index (χ1) is 14.6. The first-order valence-electron chi connectivity index (χ1n) is 10.3. The summed E-state index contributed by atoms with van der Waals surface area (Å²) < 4.78 is 2.02. The van der Waals surface area contributed by atoms with Crippen LogP contribution in [0.1, 0.15) is 38.1 Å². The quantitative estimate of drug-likeness (QED) is 0.402. The highest BCUT2D eigenvalue weighted by atomic mass is 35.5. The number of thioether (sulfide) groups is 1. The Morgan fingerprint density at radius 3 is 2.30 bits per heavy atom. The van der Waals surface area contributed by atoms with E-state index in [-0.39, 0.29) is 5.91 Å². The van der Waals surface area contributed by atoms with Gasteiger partial charge in [0.15, 0.2) is 5.16 Å². The average molecular weight is 443 g/mol. The molecule has 0 fully saturated rings. The van der Waals surface area contributed by atoms with E-state index in [0.29, 0.717) is 22.4 Å². The maximum Gasteiger partial charge on any atom is 0.233 e. The van der Waals surface area contributed by atoms with Crippen LogP contribution >= 0.6 is 23.4 Å². The molecule has 0 aliphatic rings. The largest absolute Gasteiger partial charge is 0.342 e. The second kappa shape index (κ2) is 11.2. The van der Waals surface area contributed by atoms with E-state index in [1.54, 1.807) is 0 Å². The van der Waals surface area contributed by atoms with Gasteiger partial charge in [0.05, 0.1) is 5.75 Å². The fourth-order valence-electron chi connectivity index (χ4n) is 3.25. The number of rotatable bonds is 10. The van der Waals surface area contributed by atoms with Crippen molar-refractivity contribution in [1.29, 1.82) is 0 Å². The fourth-order valence-corrected chi connectivity index (χ4v) is 4.25. The average Bonchev–Trinajstić information content (AvgIpc) is 3.15. The minimum atomic E-state index is 0.138. The Morgan fingerprint density at radius 2 is 1.67 bits per heavy atom. The molecule has 3 rings (SSSR count). The van der Waals surface area contributed by atoms with Gasteiger partial charge in [-0.2, -0.15) is 0 Å². The summed E-state index contributed by atoms with van der Waals surface area (Å²) in [6, 6.07) is 17.8. The van der Waals surface area contributed by atoms with Crippen molar-refractivity contribution in [3.63, 3.8) is 0 Å². The summed E-state index contributed by atoms with van der Waals surface area (Å²) in [6.45, 7) is 5.76. The lowest BCUT2D eigenvalue weighted by Gasteiger charge is -2.21. The van der Waals surface area contributed by atoms with Crippen LogP contribution in [0.25, 0.3) is 5.69 Å². The van der Waals surface area contributed by atoms with E-state index in [1.165, 1.54) is 11.8 Å². The minimum absolute atomic E-state index is 0.138. The van der Waals surface area contributed by atoms with E-state index >= 15 is 0 Å². The summed E-state index contributed by atoms with van der Waals surface area (Å²) >= 11 is 7.51. The molecule has 0 saturated heterocycles. The molecule has 0 aliphatic heterocycles. The first-order valence-corrected chi connectivity index (χ1v) is 11.6. The van der Waals surface area contributed by atoms with Gasteiger partial charge in [-0.1, -0.05) is 67.5 Å². The van der Waals surface area contributed by atoms with Crippen molar-refractivity contribution in [2.75, 3.05) is 18.8 Å². The van der Waals surface area contributed by atoms with Gasteiger partial charge < -0.3 is 4.90 Å². The predicted molar refractivity (Wildman–Crippen MR) is 124 cm³/mol. The molecule has 0 radical (unpaired) electrons. The van der Waals surface area contributed by atoms with Crippen LogP contribution in [0.5, 0.6) is 0 Å². The van der Waals surface area contributed by atoms with Gasteiger partial charge in [0.25, 0.3) is 0 Å². The van der Waals surface area contributed by atoms with Crippen molar-refractivity contribution < 1.29 is 4.79 Å². The van der Waals surface area contributed by atoms with Gasteiger partial charge in [-0.15, -0.1) is 10.2 Å². The van der Waals surface area contributed by atoms with Crippen molar-refractivity contribution in [2.24, 2.45) is 0 Å². The van der Waals surface area contributed by atoms with Crippen LogP contribution in [-0.2, 0) is 11.2 Å². The molecule has 5 nitrogen and oxygen atoms in total. The Balaban J connectivity index is 1.84. The van der Waals surface area contributed by atoms with Crippen molar-refractivity contribution in [1.82, 2.24) is 19.7 Å². The SMILES string of the molecule is CCCN(CCC)C(=O)CSc1nnc(Cc2ccccc2)n1-c1ccc(Cl)cc1. The Hall–Kier alpha value is -2.31. The van der Waals surface area contributed by atoms with Gasteiger partial charge in [0, 0.05) is 30.2 Å². The molecule has 1 heterocycles. The highest BCUT2D eigenvalue weighted by Gasteiger charge is 2.18. The Labute approximate surface area is 187 Å². The van der Waals surface area contributed by atoms with E-state index in [4.69, 9.17) is 11.6 Å². The van der Waals surface area contributed by atoms with Crippen LogP contribution in [0.2, 0.25) is 5.02 Å². The fraction of sp³-hybridized carbons (Fsp3) is 0.348. The molecular weight excluding hydrogens is 416 g/mol. The molecule has 0 atom stereocenters. The number of carbonyl (C=O) groups excluding carboxylic acids is 1. The van der Waals surface area contributed by atoms with Crippen molar-refractivity contribution in [3.8, 4) is 5.69 Å². The summed E-state index contributed by atoms with van der Waals surface area (Å²) in [7, 11) is 0. The van der Waals surface area contributed by atoms with Gasteiger partial charge in [0.2, 0.25) is 5.91 Å². The maximum absolute atomic E-state index is 12.7. The molecule has 1 aromatic heterocycles. The van der Waals surface area contributed by atoms with Crippen molar-refractivity contribution in [3.05, 3.63) is 71.0 Å². The zero-order chi connectivity index (χ0) is 21.3. The first kappa shape index (κ1) is 22.4. The number of amides is 1. The molecule has 158 valence electrons. The lowest BCUT2D eigenvalue weighted by Crippen LogP contribution is -2.33. The summed E-state index contributed by atoms with van der Waals surface area (Å²) in [5, 5.41) is 10.2. The molecule has 30 heavy (non-hydrogen) atoms. The standard InChI is InChI=1S/C23H27ClN4OS/c1-3-14-27(15-4-2)22(29)17-30-23-26-25-21(16-18-8-6-5-7-9-18)28(23)20-12-10-19(24)11-13-20/h5-13H,3-4,14-17H2,1-2H3. The summed E-state index contributed by atoms with van der Waals surface area (Å²) in [5.41, 5.74) is 2.09. The number of hydrogen-bond donors (Lipinski definition) is 0. The van der Waals surface area contributed by atoms with E-state index in [0.717, 1.165) is 43.0 Å². The molecule has 0 aliphatic carbocycles. The van der Waals surface area contributed by atoms with Crippen LogP contribution < -0.4 is 0 Å². The van der Waals surface area contributed by atoms with Gasteiger partial charge in [-0.3, -0.25) is 9.36 Å². The number of nitrogens with zero attached hydrogens (tertiary/aromatic N) is 4. The van der Waals surface area contributed by atoms with Gasteiger partial charge in [-0.05, 0) is 42.7 Å². The molecule has 0 N–H and O–H groups in total. The molecule has 0 unspecified atom stereocenters. The predicted octanol–water partition coefficient (Wildman–Crippen LogP) is 5.25. The number of aromatic nitrogens is 3. The van der Waals surface area contributed by atoms with Crippen LogP contribution in [0, 0.1) is 0 Å². The van der Waals surface area contributed by atoms with Crippen molar-refractivity contribution >= 4 is 29.3 Å². The molecule has 2 aromatic carbocycles. The van der Waals surface area contributed by atoms with Crippen LogP contribution in [0.15, 0.2) is 59.8 Å². The molecule has 1 amide bonds. The van der Waals surface area contributed by atoms with Crippen molar-refractivity contribution in [2.45, 2.75) is 38.3 Å². The summed E-state index contributed by atoms with van der Waals surface area (Å²) in [4.78, 5) is 14.6. The molecule has 0 bridgehead atoms. The highest BCUT2D eigenvalue weighted by Crippen LogP contribution is 2.25. The lowest BCUT2D eigenvalue weighted by atomic mass is 10.1. The third kappa shape index (κ3) is 5.86. The summed E-state index contributed by atoms with van der Waals surface area (Å²) in [6.07, 6.45) is 2.57. The van der Waals surface area contributed by atoms with Crippen LogP contribution in [0.4, 0.5) is 0 Å². The van der Waals surface area contributed by atoms with E-state index in [2.05, 4.69) is 36.2 Å². The Kier molecular flexibility index (Phi) is 8.34. The molecule has 0 spiro atoms. The molecule has 0 saturated carbocycles. The van der Waals surface area contributed by atoms with E-state index in [9.17, 15) is 4.79 Å². The lowest BCUT2D eigenvalue weighted by molar-refractivity contribution is -0.128. The molecule has 7 heteroatoms. The third-order valence-corrected chi connectivity index (χ3v) is 5.82. The second-order valence-corrected chi connectivity index (χ2v) is 8.42. The number of halogens is 1. The Bertz CT molecular complexity index is 938. The van der Waals surface area contributed by atoms with E-state index < -0.39 is 0 Å². The van der Waals surface area contributed by atoms with Gasteiger partial charge >= 0.3 is 0 Å². The van der Waals surface area contributed by atoms with Gasteiger partial charge in [-0.25, -0.2) is 0 Å². The number of carbonyl (C=O) groups is 1. The smallest absolute Gasteiger partial charge is 0.233 e. The second-order valence-electron chi connectivity index (χ2n) is 7.04. The van der Waals surface area contributed by atoms with Crippen LogP contribution in [0.3, 0.4) is 0 Å². The van der Waals surface area contributed by atoms with E-state index in [1.807, 2.05) is 51.9 Å². The number of benzene rings is 2. The zero-order valence-corrected chi connectivity index (χ0v) is 19.0. The number of hydrogen-bond acceptors (Lipinski definition) is 4. The van der Waals surface area contributed by atoms with Gasteiger partial charge in [0.1, 0.15) is 5.82 Å². The zero-order valence-electron chi connectivity index (χ0n) is 17.4. The maximum atomic E-state index is 12.7. The molecular formula is C23H27ClN4OS. The topological polar surface area (TPSA) is 51.0 Å². The van der Waals surface area contributed by atoms with Crippen LogP contribution in [-0.4, -0.2) is 44.4 Å². The normalized spacial score (nSPS) is 10.9. The summed E-state index contributed by atoms with van der Waals surface area (Å²) in [5.74, 6) is 1.31. The monoisotopic (exact) mass is 442 g/mol. The third-order valence-electron chi connectivity index (χ3n) is 4.65. The Morgan fingerprint density at radius 1 is 1.00 bits per heavy atom. The minimum Gasteiger partial charge on any atom is -0.342 e. The highest BCUT2D eigenvalue weighted by molar-refractivity contribution is 7.99. The molecule has 3 aromatic rings.